The van der Waals surface area contributed by atoms with E-state index in [0.29, 0.717) is 30.0 Å². The SMILES string of the molecule is NCC1CCN(C(=O)Nc2c(Br)cccc2C(=O)O)C1. The summed E-state index contributed by atoms with van der Waals surface area (Å²) in [4.78, 5) is 25.0. The van der Waals surface area contributed by atoms with Gasteiger partial charge < -0.3 is 21.1 Å². The van der Waals surface area contributed by atoms with Crippen molar-refractivity contribution in [3.63, 3.8) is 0 Å². The molecule has 1 aromatic rings. The normalized spacial score (nSPS) is 18.1. The van der Waals surface area contributed by atoms with Gasteiger partial charge in [-0.25, -0.2) is 9.59 Å². The molecule has 1 atom stereocenters. The number of nitrogens with zero attached hydrogens (tertiary/aromatic N) is 1. The van der Waals surface area contributed by atoms with Gasteiger partial charge in [0.2, 0.25) is 0 Å². The van der Waals surface area contributed by atoms with Gasteiger partial charge in [-0.15, -0.1) is 0 Å². The molecule has 0 aliphatic carbocycles. The Morgan fingerprint density at radius 3 is 2.85 bits per heavy atom. The quantitative estimate of drug-likeness (QED) is 0.782. The van der Waals surface area contributed by atoms with E-state index in [4.69, 9.17) is 10.8 Å². The van der Waals surface area contributed by atoms with Gasteiger partial charge >= 0.3 is 12.0 Å². The van der Waals surface area contributed by atoms with Crippen LogP contribution in [0.5, 0.6) is 0 Å². The van der Waals surface area contributed by atoms with Gasteiger partial charge in [-0.3, -0.25) is 0 Å². The molecule has 20 heavy (non-hydrogen) atoms. The lowest BCUT2D eigenvalue weighted by Crippen LogP contribution is -2.34. The van der Waals surface area contributed by atoms with Gasteiger partial charge in [0, 0.05) is 17.6 Å². The number of rotatable bonds is 3. The lowest BCUT2D eigenvalue weighted by molar-refractivity contribution is 0.0698. The number of nitrogens with one attached hydrogen (secondary N) is 1. The number of benzene rings is 1. The minimum atomic E-state index is -1.08. The van der Waals surface area contributed by atoms with E-state index in [9.17, 15) is 9.59 Å². The maximum Gasteiger partial charge on any atom is 0.337 e. The van der Waals surface area contributed by atoms with Gasteiger partial charge in [-0.2, -0.15) is 0 Å². The predicted molar refractivity (Wildman–Crippen MR) is 78.9 cm³/mol. The van der Waals surface area contributed by atoms with Crippen LogP contribution in [0.1, 0.15) is 16.8 Å². The van der Waals surface area contributed by atoms with Crippen LogP contribution in [-0.4, -0.2) is 41.6 Å². The number of urea groups is 1. The average molecular weight is 342 g/mol. The van der Waals surface area contributed by atoms with Gasteiger partial charge in [-0.05, 0) is 46.9 Å². The van der Waals surface area contributed by atoms with Crippen molar-refractivity contribution in [3.05, 3.63) is 28.2 Å². The number of amides is 2. The Labute approximate surface area is 125 Å². The first-order valence-corrected chi connectivity index (χ1v) is 7.10. The van der Waals surface area contributed by atoms with Crippen molar-refractivity contribution in [1.29, 1.82) is 0 Å². The summed E-state index contributed by atoms with van der Waals surface area (Å²) in [5, 5.41) is 11.8. The number of hydrogen-bond acceptors (Lipinski definition) is 3. The van der Waals surface area contributed by atoms with Gasteiger partial charge in [0.05, 0.1) is 11.3 Å². The van der Waals surface area contributed by atoms with E-state index in [1.807, 2.05) is 0 Å². The van der Waals surface area contributed by atoms with Crippen LogP contribution in [0.2, 0.25) is 0 Å². The summed E-state index contributed by atoms with van der Waals surface area (Å²) in [7, 11) is 0. The predicted octanol–water partition coefficient (Wildman–Crippen LogP) is 1.96. The molecule has 0 radical (unpaired) electrons. The number of aromatic carboxylic acids is 1. The third-order valence-electron chi connectivity index (χ3n) is 3.38. The number of carboxylic acid groups (broad SMARTS) is 1. The summed E-state index contributed by atoms with van der Waals surface area (Å²) >= 11 is 3.26. The highest BCUT2D eigenvalue weighted by Gasteiger charge is 2.26. The van der Waals surface area contributed by atoms with E-state index in [0.717, 1.165) is 6.42 Å². The van der Waals surface area contributed by atoms with Crippen molar-refractivity contribution >= 4 is 33.6 Å². The number of nitrogens with two attached hydrogens (primary N) is 1. The fourth-order valence-electron chi connectivity index (χ4n) is 2.22. The molecule has 4 N–H and O–H groups in total. The molecule has 108 valence electrons. The summed E-state index contributed by atoms with van der Waals surface area (Å²) in [6, 6.07) is 4.46. The molecule has 1 heterocycles. The zero-order valence-electron chi connectivity index (χ0n) is 10.8. The topological polar surface area (TPSA) is 95.7 Å². The Bertz CT molecular complexity index is 536. The molecule has 2 rings (SSSR count). The van der Waals surface area contributed by atoms with Crippen molar-refractivity contribution in [2.24, 2.45) is 11.7 Å². The number of likely N-dealkylation sites (tertiary alicyclic amines) is 1. The van der Waals surface area contributed by atoms with E-state index in [-0.39, 0.29) is 17.3 Å². The average Bonchev–Trinajstić information content (AvgIpc) is 2.89. The fourth-order valence-corrected chi connectivity index (χ4v) is 2.69. The molecule has 1 aliphatic rings. The van der Waals surface area contributed by atoms with Crippen LogP contribution >= 0.6 is 15.9 Å². The summed E-state index contributed by atoms with van der Waals surface area (Å²) in [5.74, 6) is -0.762. The molecule has 0 saturated carbocycles. The van der Waals surface area contributed by atoms with E-state index >= 15 is 0 Å². The minimum Gasteiger partial charge on any atom is -0.478 e. The van der Waals surface area contributed by atoms with Crippen LogP contribution in [-0.2, 0) is 0 Å². The van der Waals surface area contributed by atoms with Crippen LogP contribution in [0.4, 0.5) is 10.5 Å². The summed E-state index contributed by atoms with van der Waals surface area (Å²) in [5.41, 5.74) is 5.93. The third kappa shape index (κ3) is 3.10. The first kappa shape index (κ1) is 14.8. The second-order valence-corrected chi connectivity index (χ2v) is 5.59. The summed E-state index contributed by atoms with van der Waals surface area (Å²) < 4.78 is 0.542. The molecule has 2 amide bonds. The van der Waals surface area contributed by atoms with Crippen LogP contribution in [0.3, 0.4) is 0 Å². The number of anilines is 1. The monoisotopic (exact) mass is 341 g/mol. The molecule has 1 saturated heterocycles. The summed E-state index contributed by atoms with van der Waals surface area (Å²) in [6.45, 7) is 1.80. The van der Waals surface area contributed by atoms with Crippen LogP contribution < -0.4 is 11.1 Å². The van der Waals surface area contributed by atoms with E-state index in [1.54, 1.807) is 17.0 Å². The Hall–Kier alpha value is -1.60. The zero-order chi connectivity index (χ0) is 14.7. The molecular weight excluding hydrogens is 326 g/mol. The number of carbonyl (C=O) groups is 2. The molecule has 0 bridgehead atoms. The highest BCUT2D eigenvalue weighted by atomic mass is 79.9. The minimum absolute atomic E-state index is 0.0577. The largest absolute Gasteiger partial charge is 0.478 e. The van der Waals surface area contributed by atoms with Crippen LogP contribution in [0.15, 0.2) is 22.7 Å². The maximum absolute atomic E-state index is 12.2. The van der Waals surface area contributed by atoms with Gasteiger partial charge in [0.15, 0.2) is 0 Å². The Morgan fingerprint density at radius 1 is 1.50 bits per heavy atom. The second kappa shape index (κ2) is 6.23. The van der Waals surface area contributed by atoms with E-state index in [2.05, 4.69) is 21.2 Å². The lowest BCUT2D eigenvalue weighted by Gasteiger charge is -2.18. The van der Waals surface area contributed by atoms with Gasteiger partial charge in [0.25, 0.3) is 0 Å². The number of hydrogen-bond donors (Lipinski definition) is 3. The van der Waals surface area contributed by atoms with Crippen molar-refractivity contribution in [2.45, 2.75) is 6.42 Å². The molecular formula is C13H16BrN3O3. The van der Waals surface area contributed by atoms with Crippen molar-refractivity contribution < 1.29 is 14.7 Å². The number of para-hydroxylation sites is 1. The van der Waals surface area contributed by atoms with E-state index in [1.165, 1.54) is 6.07 Å². The highest BCUT2D eigenvalue weighted by molar-refractivity contribution is 9.10. The van der Waals surface area contributed by atoms with E-state index < -0.39 is 5.97 Å². The lowest BCUT2D eigenvalue weighted by atomic mass is 10.1. The maximum atomic E-state index is 12.2. The smallest absolute Gasteiger partial charge is 0.337 e. The standard InChI is InChI=1S/C13H16BrN3O3/c14-10-3-1-2-9(12(18)19)11(10)16-13(20)17-5-4-8(6-15)7-17/h1-3,8H,4-7,15H2,(H,16,20)(H,18,19). The number of carboxylic acids is 1. The molecule has 0 aromatic heterocycles. The molecule has 6 nitrogen and oxygen atoms in total. The van der Waals surface area contributed by atoms with Crippen molar-refractivity contribution in [2.75, 3.05) is 25.0 Å². The van der Waals surface area contributed by atoms with Crippen LogP contribution in [0.25, 0.3) is 0 Å². The fraction of sp³-hybridized carbons (Fsp3) is 0.385. The van der Waals surface area contributed by atoms with Crippen molar-refractivity contribution in [1.82, 2.24) is 4.90 Å². The zero-order valence-corrected chi connectivity index (χ0v) is 12.4. The second-order valence-electron chi connectivity index (χ2n) is 4.73. The van der Waals surface area contributed by atoms with Gasteiger partial charge in [0.1, 0.15) is 0 Å². The summed E-state index contributed by atoms with van der Waals surface area (Å²) in [6.07, 6.45) is 0.881. The number of halogens is 1. The van der Waals surface area contributed by atoms with Crippen LogP contribution in [0, 0.1) is 5.92 Å². The molecule has 1 aromatic carbocycles. The molecule has 0 spiro atoms. The number of carbonyl (C=O) groups excluding carboxylic acids is 1. The Balaban J connectivity index is 2.14. The molecule has 7 heteroatoms. The Kier molecular flexibility index (Phi) is 4.61. The van der Waals surface area contributed by atoms with Crippen molar-refractivity contribution in [3.8, 4) is 0 Å². The molecule has 1 fully saturated rings. The third-order valence-corrected chi connectivity index (χ3v) is 4.04. The molecule has 1 unspecified atom stereocenters. The van der Waals surface area contributed by atoms with Gasteiger partial charge in [-0.1, -0.05) is 6.07 Å². The Morgan fingerprint density at radius 2 is 2.25 bits per heavy atom. The highest BCUT2D eigenvalue weighted by Crippen LogP contribution is 2.27. The molecule has 1 aliphatic heterocycles. The first-order chi connectivity index (χ1) is 9.52. The first-order valence-electron chi connectivity index (χ1n) is 6.30.